The van der Waals surface area contributed by atoms with Gasteiger partial charge in [-0.15, -0.1) is 0 Å². The highest BCUT2D eigenvalue weighted by Gasteiger charge is 2.43. The van der Waals surface area contributed by atoms with Crippen molar-refractivity contribution >= 4 is 23.4 Å². The summed E-state index contributed by atoms with van der Waals surface area (Å²) in [5, 5.41) is 2.93. The summed E-state index contributed by atoms with van der Waals surface area (Å²) < 4.78 is 0. The van der Waals surface area contributed by atoms with E-state index in [0.717, 1.165) is 5.56 Å². The predicted molar refractivity (Wildman–Crippen MR) is 56.6 cm³/mol. The second-order valence-corrected chi connectivity index (χ2v) is 4.33. The largest absolute Gasteiger partial charge is 0.296 e. The third-order valence-corrected chi connectivity index (χ3v) is 3.00. The molecule has 15 heavy (non-hydrogen) atoms. The van der Waals surface area contributed by atoms with Crippen LogP contribution in [0.3, 0.4) is 0 Å². The van der Waals surface area contributed by atoms with Crippen molar-refractivity contribution in [1.82, 2.24) is 5.32 Å². The molecule has 0 radical (unpaired) electrons. The maximum Gasteiger partial charge on any atom is 0.237 e. The average molecular weight is 224 g/mol. The Hall–Kier alpha value is -1.35. The summed E-state index contributed by atoms with van der Waals surface area (Å²) >= 11 is 5.76. The van der Waals surface area contributed by atoms with Crippen LogP contribution in [0.4, 0.5) is 0 Å². The maximum atomic E-state index is 11.6. The molecule has 1 aliphatic rings. The minimum Gasteiger partial charge on any atom is -0.296 e. The van der Waals surface area contributed by atoms with Crippen LogP contribution in [0.2, 0.25) is 5.02 Å². The summed E-state index contributed by atoms with van der Waals surface area (Å²) in [5.74, 6) is -0.465. The molecule has 2 rings (SSSR count). The first-order valence-corrected chi connectivity index (χ1v) is 5.00. The molecule has 1 heterocycles. The third-order valence-electron chi connectivity index (χ3n) is 2.75. The van der Waals surface area contributed by atoms with Gasteiger partial charge in [0, 0.05) is 11.4 Å². The van der Waals surface area contributed by atoms with Crippen molar-refractivity contribution in [3.63, 3.8) is 0 Å². The van der Waals surface area contributed by atoms with E-state index in [0.29, 0.717) is 5.02 Å². The number of benzene rings is 1. The van der Waals surface area contributed by atoms with Gasteiger partial charge in [-0.2, -0.15) is 0 Å². The lowest BCUT2D eigenvalue weighted by molar-refractivity contribution is -0.126. The molecule has 1 atom stereocenters. The van der Waals surface area contributed by atoms with E-state index in [1.54, 1.807) is 31.2 Å². The lowest BCUT2D eigenvalue weighted by Gasteiger charge is -2.19. The van der Waals surface area contributed by atoms with Gasteiger partial charge in [0.05, 0.1) is 5.41 Å². The summed E-state index contributed by atoms with van der Waals surface area (Å²) in [4.78, 5) is 22.8. The zero-order chi connectivity index (χ0) is 11.1. The highest BCUT2D eigenvalue weighted by Crippen LogP contribution is 2.32. The number of amides is 2. The van der Waals surface area contributed by atoms with Crippen LogP contribution >= 0.6 is 11.6 Å². The molecule has 0 saturated carbocycles. The lowest BCUT2D eigenvalue weighted by Crippen LogP contribution is -2.32. The van der Waals surface area contributed by atoms with Gasteiger partial charge >= 0.3 is 0 Å². The minimum atomic E-state index is -0.748. The van der Waals surface area contributed by atoms with E-state index in [9.17, 15) is 9.59 Å². The highest BCUT2D eigenvalue weighted by molar-refractivity contribution is 6.30. The second kappa shape index (κ2) is 3.35. The molecule has 1 aromatic carbocycles. The summed E-state index contributed by atoms with van der Waals surface area (Å²) in [7, 11) is 0. The number of nitrogens with one attached hydrogen (secondary N) is 1. The molecule has 2 amide bonds. The SMILES string of the molecule is CC1(c2ccc(Cl)cc2)CC(=O)NC1=O. The van der Waals surface area contributed by atoms with Crippen molar-refractivity contribution < 1.29 is 9.59 Å². The molecule has 1 saturated heterocycles. The van der Waals surface area contributed by atoms with Gasteiger partial charge in [-0.05, 0) is 24.6 Å². The maximum absolute atomic E-state index is 11.6. The lowest BCUT2D eigenvalue weighted by atomic mass is 9.81. The number of carbonyl (C=O) groups excluding carboxylic acids is 2. The second-order valence-electron chi connectivity index (χ2n) is 3.89. The molecule has 1 unspecified atom stereocenters. The Morgan fingerprint density at radius 3 is 2.33 bits per heavy atom. The van der Waals surface area contributed by atoms with Crippen LogP contribution in [0, 0.1) is 0 Å². The third kappa shape index (κ3) is 1.63. The number of imide groups is 1. The normalized spacial score (nSPS) is 25.5. The van der Waals surface area contributed by atoms with Gasteiger partial charge in [-0.25, -0.2) is 0 Å². The first-order chi connectivity index (χ1) is 7.02. The van der Waals surface area contributed by atoms with Crippen LogP contribution in [0.5, 0.6) is 0 Å². The van der Waals surface area contributed by atoms with Gasteiger partial charge in [-0.3, -0.25) is 14.9 Å². The first-order valence-electron chi connectivity index (χ1n) is 4.63. The summed E-state index contributed by atoms with van der Waals surface area (Å²) in [5.41, 5.74) is 0.0667. The van der Waals surface area contributed by atoms with E-state index < -0.39 is 5.41 Å². The molecule has 1 fully saturated rings. The van der Waals surface area contributed by atoms with Gasteiger partial charge in [0.15, 0.2) is 0 Å². The van der Waals surface area contributed by atoms with Crippen molar-refractivity contribution in [1.29, 1.82) is 0 Å². The first kappa shape index (κ1) is 10.2. The fourth-order valence-electron chi connectivity index (χ4n) is 1.76. The van der Waals surface area contributed by atoms with Crippen LogP contribution in [-0.4, -0.2) is 11.8 Å². The zero-order valence-corrected chi connectivity index (χ0v) is 8.97. The fourth-order valence-corrected chi connectivity index (χ4v) is 1.89. The van der Waals surface area contributed by atoms with Crippen molar-refractivity contribution in [2.45, 2.75) is 18.8 Å². The van der Waals surface area contributed by atoms with Gasteiger partial charge in [0.25, 0.3) is 0 Å². The molecule has 1 aromatic rings. The topological polar surface area (TPSA) is 46.2 Å². The summed E-state index contributed by atoms with van der Waals surface area (Å²) in [6.45, 7) is 1.76. The Labute approximate surface area is 92.4 Å². The molecule has 0 aliphatic carbocycles. The number of carbonyl (C=O) groups is 2. The van der Waals surface area contributed by atoms with E-state index >= 15 is 0 Å². The number of hydrogen-bond donors (Lipinski definition) is 1. The van der Waals surface area contributed by atoms with E-state index in [1.165, 1.54) is 0 Å². The molecule has 0 spiro atoms. The summed E-state index contributed by atoms with van der Waals surface area (Å²) in [6.07, 6.45) is 0.202. The Bertz CT molecular complexity index is 427. The molecule has 3 nitrogen and oxygen atoms in total. The predicted octanol–water partition coefficient (Wildman–Crippen LogP) is 1.64. The zero-order valence-electron chi connectivity index (χ0n) is 8.21. The van der Waals surface area contributed by atoms with E-state index in [4.69, 9.17) is 11.6 Å². The van der Waals surface area contributed by atoms with E-state index in [2.05, 4.69) is 5.32 Å². The van der Waals surface area contributed by atoms with Crippen LogP contribution in [0.1, 0.15) is 18.9 Å². The van der Waals surface area contributed by atoms with Gasteiger partial charge in [0.2, 0.25) is 11.8 Å². The van der Waals surface area contributed by atoms with E-state index in [1.807, 2.05) is 0 Å². The monoisotopic (exact) mass is 223 g/mol. The molecule has 0 bridgehead atoms. The molecular formula is C11H10ClNO2. The van der Waals surface area contributed by atoms with Crippen LogP contribution in [0.15, 0.2) is 24.3 Å². The molecule has 1 N–H and O–H groups in total. The molecule has 4 heteroatoms. The number of hydrogen-bond acceptors (Lipinski definition) is 2. The minimum absolute atomic E-state index is 0.202. The average Bonchev–Trinajstić information content (AvgIpc) is 2.42. The Morgan fingerprint density at radius 1 is 1.27 bits per heavy atom. The van der Waals surface area contributed by atoms with Crippen LogP contribution < -0.4 is 5.32 Å². The fraction of sp³-hybridized carbons (Fsp3) is 0.273. The van der Waals surface area contributed by atoms with Crippen LogP contribution in [-0.2, 0) is 15.0 Å². The van der Waals surface area contributed by atoms with Crippen molar-refractivity contribution in [3.8, 4) is 0 Å². The van der Waals surface area contributed by atoms with Crippen LogP contribution in [0.25, 0.3) is 0 Å². The quantitative estimate of drug-likeness (QED) is 0.736. The standard InChI is InChI=1S/C11H10ClNO2/c1-11(6-9(14)13-10(11)15)7-2-4-8(12)5-3-7/h2-5H,6H2,1H3,(H,13,14,15). The van der Waals surface area contributed by atoms with Crippen molar-refractivity contribution in [2.24, 2.45) is 0 Å². The van der Waals surface area contributed by atoms with Crippen molar-refractivity contribution in [3.05, 3.63) is 34.9 Å². The Kier molecular flexibility index (Phi) is 2.27. The number of rotatable bonds is 1. The Morgan fingerprint density at radius 2 is 1.87 bits per heavy atom. The van der Waals surface area contributed by atoms with Crippen molar-refractivity contribution in [2.75, 3.05) is 0 Å². The van der Waals surface area contributed by atoms with E-state index in [-0.39, 0.29) is 18.2 Å². The van der Waals surface area contributed by atoms with Gasteiger partial charge < -0.3 is 0 Å². The highest BCUT2D eigenvalue weighted by atomic mass is 35.5. The van der Waals surface area contributed by atoms with Gasteiger partial charge in [0.1, 0.15) is 0 Å². The smallest absolute Gasteiger partial charge is 0.237 e. The summed E-state index contributed by atoms with van der Waals surface area (Å²) in [6, 6.07) is 7.00. The molecule has 78 valence electrons. The Balaban J connectivity index is 2.41. The van der Waals surface area contributed by atoms with Gasteiger partial charge in [-0.1, -0.05) is 23.7 Å². The molecular weight excluding hydrogens is 214 g/mol. The number of halogens is 1. The molecule has 1 aliphatic heterocycles. The molecule has 0 aromatic heterocycles.